The second-order valence-corrected chi connectivity index (χ2v) is 6.70. The summed E-state index contributed by atoms with van der Waals surface area (Å²) in [4.78, 5) is 20.3. The Labute approximate surface area is 188 Å². The lowest BCUT2D eigenvalue weighted by Crippen LogP contribution is -2.17. The number of anilines is 3. The number of carbonyl (C=O) groups is 1. The van der Waals surface area contributed by atoms with Crippen molar-refractivity contribution in [1.29, 1.82) is 0 Å². The van der Waals surface area contributed by atoms with Gasteiger partial charge in [-0.1, -0.05) is 6.07 Å². The predicted octanol–water partition coefficient (Wildman–Crippen LogP) is 4.36. The normalized spacial score (nSPS) is 10.9. The minimum atomic E-state index is -4.72. The van der Waals surface area contributed by atoms with Gasteiger partial charge in [-0.25, -0.2) is 4.98 Å². The standard InChI is InChI=1S/C22H22F3N5O3/c1-26-20(31)15-4-2-5-16(14-15)29-19-10-12-28-21(30-19)27-11-3-13-32-17-6-8-18(9-7-17)33-22(23,24)25/h2,4-10,12,14H,3,11,13H2,1H3,(H,26,31)(H2,27,28,29,30). The number of rotatable bonds is 10. The van der Waals surface area contributed by atoms with Gasteiger partial charge < -0.3 is 25.4 Å². The summed E-state index contributed by atoms with van der Waals surface area (Å²) < 4.78 is 45.8. The fourth-order valence-electron chi connectivity index (χ4n) is 2.74. The van der Waals surface area contributed by atoms with Crippen LogP contribution in [0.15, 0.2) is 60.8 Å². The van der Waals surface area contributed by atoms with Gasteiger partial charge in [0.2, 0.25) is 5.95 Å². The molecule has 0 radical (unpaired) electrons. The first kappa shape index (κ1) is 23.6. The van der Waals surface area contributed by atoms with E-state index in [-0.39, 0.29) is 11.7 Å². The van der Waals surface area contributed by atoms with Crippen LogP contribution < -0.4 is 25.4 Å². The zero-order valence-electron chi connectivity index (χ0n) is 17.6. The fourth-order valence-corrected chi connectivity index (χ4v) is 2.74. The molecule has 1 heterocycles. The van der Waals surface area contributed by atoms with Crippen LogP contribution >= 0.6 is 0 Å². The molecule has 1 amide bonds. The van der Waals surface area contributed by atoms with E-state index in [0.29, 0.717) is 48.3 Å². The van der Waals surface area contributed by atoms with Gasteiger partial charge in [-0.2, -0.15) is 4.98 Å². The highest BCUT2D eigenvalue weighted by Gasteiger charge is 2.30. The van der Waals surface area contributed by atoms with Gasteiger partial charge in [0.1, 0.15) is 17.3 Å². The van der Waals surface area contributed by atoms with Gasteiger partial charge in [0.05, 0.1) is 6.61 Å². The van der Waals surface area contributed by atoms with Crippen molar-refractivity contribution in [3.63, 3.8) is 0 Å². The third-order valence-corrected chi connectivity index (χ3v) is 4.21. The molecule has 3 rings (SSSR count). The summed E-state index contributed by atoms with van der Waals surface area (Å²) in [5.41, 5.74) is 1.23. The molecule has 3 aromatic rings. The maximum Gasteiger partial charge on any atom is 0.573 e. The van der Waals surface area contributed by atoms with Gasteiger partial charge in [-0.15, -0.1) is 13.2 Å². The average molecular weight is 461 g/mol. The number of nitrogens with zero attached hydrogens (tertiary/aromatic N) is 2. The smallest absolute Gasteiger partial charge is 0.494 e. The minimum Gasteiger partial charge on any atom is -0.494 e. The maximum absolute atomic E-state index is 12.2. The number of nitrogens with one attached hydrogen (secondary N) is 3. The number of carbonyl (C=O) groups excluding carboxylic acids is 1. The summed E-state index contributed by atoms with van der Waals surface area (Å²) in [5, 5.41) is 8.79. The van der Waals surface area contributed by atoms with Gasteiger partial charge in [0.15, 0.2) is 0 Å². The predicted molar refractivity (Wildman–Crippen MR) is 117 cm³/mol. The van der Waals surface area contributed by atoms with Crippen LogP contribution in [-0.2, 0) is 0 Å². The number of hydrogen-bond acceptors (Lipinski definition) is 7. The largest absolute Gasteiger partial charge is 0.573 e. The van der Waals surface area contributed by atoms with Crippen molar-refractivity contribution in [2.75, 3.05) is 30.8 Å². The van der Waals surface area contributed by atoms with Gasteiger partial charge in [-0.05, 0) is 55.0 Å². The van der Waals surface area contributed by atoms with Crippen LogP contribution in [0.2, 0.25) is 0 Å². The molecule has 174 valence electrons. The topological polar surface area (TPSA) is 97.4 Å². The van der Waals surface area contributed by atoms with Crippen molar-refractivity contribution in [3.05, 3.63) is 66.4 Å². The third-order valence-electron chi connectivity index (χ3n) is 4.21. The average Bonchev–Trinajstić information content (AvgIpc) is 2.79. The molecule has 0 aliphatic rings. The number of halogens is 3. The van der Waals surface area contributed by atoms with E-state index in [9.17, 15) is 18.0 Å². The molecular formula is C22H22F3N5O3. The molecule has 0 bridgehead atoms. The first-order chi connectivity index (χ1) is 15.8. The Morgan fingerprint density at radius 1 is 1.06 bits per heavy atom. The van der Waals surface area contributed by atoms with Crippen LogP contribution in [0.25, 0.3) is 0 Å². The lowest BCUT2D eigenvalue weighted by atomic mass is 10.2. The zero-order chi connectivity index (χ0) is 23.7. The van der Waals surface area contributed by atoms with E-state index >= 15 is 0 Å². The molecule has 0 aliphatic heterocycles. The van der Waals surface area contributed by atoms with Crippen molar-refractivity contribution >= 4 is 23.4 Å². The molecule has 2 aromatic carbocycles. The summed E-state index contributed by atoms with van der Waals surface area (Å²) in [7, 11) is 1.57. The van der Waals surface area contributed by atoms with Crippen LogP contribution in [0.5, 0.6) is 11.5 Å². The van der Waals surface area contributed by atoms with Crippen LogP contribution in [0.3, 0.4) is 0 Å². The molecule has 3 N–H and O–H groups in total. The number of alkyl halides is 3. The summed E-state index contributed by atoms with van der Waals surface area (Å²) in [5.74, 6) is 0.917. The van der Waals surface area contributed by atoms with E-state index in [4.69, 9.17) is 4.74 Å². The van der Waals surface area contributed by atoms with Crippen molar-refractivity contribution in [2.45, 2.75) is 12.8 Å². The number of aromatic nitrogens is 2. The van der Waals surface area contributed by atoms with Crippen molar-refractivity contribution in [3.8, 4) is 11.5 Å². The van der Waals surface area contributed by atoms with Gasteiger partial charge >= 0.3 is 6.36 Å². The SMILES string of the molecule is CNC(=O)c1cccc(Nc2ccnc(NCCCOc3ccc(OC(F)(F)F)cc3)n2)c1. The molecule has 0 aliphatic carbocycles. The van der Waals surface area contributed by atoms with Crippen molar-refractivity contribution < 1.29 is 27.4 Å². The summed E-state index contributed by atoms with van der Waals surface area (Å²) in [6.45, 7) is 0.863. The van der Waals surface area contributed by atoms with E-state index in [2.05, 4.69) is 30.7 Å². The Morgan fingerprint density at radius 3 is 2.55 bits per heavy atom. The highest BCUT2D eigenvalue weighted by atomic mass is 19.4. The first-order valence-electron chi connectivity index (χ1n) is 9.97. The maximum atomic E-state index is 12.2. The molecule has 0 spiro atoms. The molecule has 33 heavy (non-hydrogen) atoms. The Balaban J connectivity index is 1.43. The van der Waals surface area contributed by atoms with Crippen LogP contribution in [0, 0.1) is 0 Å². The molecule has 0 unspecified atom stereocenters. The number of amides is 1. The Morgan fingerprint density at radius 2 is 1.82 bits per heavy atom. The lowest BCUT2D eigenvalue weighted by molar-refractivity contribution is -0.274. The van der Waals surface area contributed by atoms with E-state index in [1.807, 2.05) is 6.07 Å². The van der Waals surface area contributed by atoms with Gasteiger partial charge in [0, 0.05) is 31.0 Å². The number of hydrogen-bond donors (Lipinski definition) is 3. The van der Waals surface area contributed by atoms with E-state index in [1.165, 1.54) is 24.3 Å². The van der Waals surface area contributed by atoms with Gasteiger partial charge in [0.25, 0.3) is 5.91 Å². The molecule has 0 fully saturated rings. The van der Waals surface area contributed by atoms with Crippen LogP contribution in [0.1, 0.15) is 16.8 Å². The Kier molecular flexibility index (Phi) is 7.90. The molecule has 11 heteroatoms. The molecular weight excluding hydrogens is 439 g/mol. The molecule has 0 saturated heterocycles. The molecule has 8 nitrogen and oxygen atoms in total. The van der Waals surface area contributed by atoms with Gasteiger partial charge in [-0.3, -0.25) is 4.79 Å². The summed E-state index contributed by atoms with van der Waals surface area (Å²) >= 11 is 0. The minimum absolute atomic E-state index is 0.184. The quantitative estimate of drug-likeness (QED) is 0.386. The van der Waals surface area contributed by atoms with Crippen LogP contribution in [-0.4, -0.2) is 42.4 Å². The number of ether oxygens (including phenoxy) is 2. The Bertz CT molecular complexity index is 1060. The molecule has 0 atom stereocenters. The lowest BCUT2D eigenvalue weighted by Gasteiger charge is -2.11. The summed E-state index contributed by atoms with van der Waals surface area (Å²) in [6.07, 6.45) is -2.52. The molecule has 1 aromatic heterocycles. The van der Waals surface area contributed by atoms with Crippen molar-refractivity contribution in [2.24, 2.45) is 0 Å². The zero-order valence-corrected chi connectivity index (χ0v) is 17.6. The third kappa shape index (κ3) is 7.87. The second-order valence-electron chi connectivity index (χ2n) is 6.70. The van der Waals surface area contributed by atoms with E-state index in [1.54, 1.807) is 37.5 Å². The summed E-state index contributed by atoms with van der Waals surface area (Å²) in [6, 6.07) is 13.9. The number of benzene rings is 2. The van der Waals surface area contributed by atoms with E-state index < -0.39 is 6.36 Å². The highest BCUT2D eigenvalue weighted by molar-refractivity contribution is 5.95. The fraction of sp³-hybridized carbons (Fsp3) is 0.227. The van der Waals surface area contributed by atoms with E-state index in [0.717, 1.165) is 0 Å². The molecule has 0 saturated carbocycles. The highest BCUT2D eigenvalue weighted by Crippen LogP contribution is 2.24. The monoisotopic (exact) mass is 461 g/mol. The first-order valence-corrected chi connectivity index (χ1v) is 9.97. The van der Waals surface area contributed by atoms with Crippen LogP contribution in [0.4, 0.5) is 30.6 Å². The van der Waals surface area contributed by atoms with Crippen molar-refractivity contribution in [1.82, 2.24) is 15.3 Å². The second kappa shape index (κ2) is 11.0. The Hall–Kier alpha value is -4.02.